The number of rotatable bonds is 4. The molecule has 1 aliphatic carbocycles. The van der Waals surface area contributed by atoms with Crippen molar-refractivity contribution in [3.05, 3.63) is 41.3 Å². The van der Waals surface area contributed by atoms with Crippen LogP contribution in [0.1, 0.15) is 56.7 Å². The largest absolute Gasteiger partial charge is 1.00 e. The number of benzene rings is 1. The smallest absolute Gasteiger partial charge is 0.251 e. The Hall–Kier alpha value is 0.446. The first-order valence-electron chi connectivity index (χ1n) is 6.77. The van der Waals surface area contributed by atoms with Gasteiger partial charge in [-0.3, -0.25) is 8.78 Å². The van der Waals surface area contributed by atoms with Crippen molar-refractivity contribution in [1.29, 1.82) is 0 Å². The summed E-state index contributed by atoms with van der Waals surface area (Å²) in [6.45, 7) is 6.44. The van der Waals surface area contributed by atoms with Gasteiger partial charge in [0.15, 0.2) is 6.43 Å². The molecule has 0 radical (unpaired) electrons. The minimum Gasteiger partial charge on any atom is -0.251 e. The molecule has 0 aromatic heterocycles. The first-order valence-corrected chi connectivity index (χ1v) is 6.77. The fourth-order valence-corrected chi connectivity index (χ4v) is 2.85. The zero-order chi connectivity index (χ0) is 15.3. The molecule has 112 valence electrons. The monoisotopic (exact) mass is 326 g/mol. The SMILES string of the molecule is CC(C)c1cc([C-](F)F)cc(C2(C)CC2C(C)(F)F)c1.[K+]. The summed E-state index contributed by atoms with van der Waals surface area (Å²) in [6, 6.07) is 4.59. The third-order valence-corrected chi connectivity index (χ3v) is 4.35. The predicted octanol–water partition coefficient (Wildman–Crippen LogP) is 2.52. The van der Waals surface area contributed by atoms with Gasteiger partial charge in [-0.05, 0) is 24.7 Å². The Morgan fingerprint density at radius 3 is 2.19 bits per heavy atom. The van der Waals surface area contributed by atoms with Gasteiger partial charge in [0.05, 0.1) is 0 Å². The van der Waals surface area contributed by atoms with Crippen LogP contribution in [-0.2, 0) is 5.41 Å². The molecule has 2 rings (SSSR count). The van der Waals surface area contributed by atoms with Gasteiger partial charge in [-0.2, -0.15) is 12.1 Å². The van der Waals surface area contributed by atoms with Gasteiger partial charge in [0.1, 0.15) is 0 Å². The van der Waals surface area contributed by atoms with Crippen LogP contribution in [0.2, 0.25) is 0 Å². The van der Waals surface area contributed by atoms with Gasteiger partial charge in [0, 0.05) is 5.92 Å². The Kier molecular flexibility index (Phi) is 6.05. The molecule has 1 aromatic rings. The van der Waals surface area contributed by atoms with Gasteiger partial charge in [0.2, 0.25) is 5.92 Å². The summed E-state index contributed by atoms with van der Waals surface area (Å²) >= 11 is 0. The second kappa shape index (κ2) is 6.52. The Balaban J connectivity index is 0.00000220. The van der Waals surface area contributed by atoms with E-state index in [4.69, 9.17) is 0 Å². The summed E-state index contributed by atoms with van der Waals surface area (Å²) in [5, 5.41) is 0. The van der Waals surface area contributed by atoms with E-state index in [1.54, 1.807) is 13.0 Å². The van der Waals surface area contributed by atoms with Crippen molar-refractivity contribution in [2.45, 2.75) is 51.4 Å². The first-order chi connectivity index (χ1) is 9.05. The molecule has 1 saturated carbocycles. The third-order valence-electron chi connectivity index (χ3n) is 4.35. The molecule has 2 unspecified atom stereocenters. The van der Waals surface area contributed by atoms with Crippen LogP contribution < -0.4 is 51.4 Å². The van der Waals surface area contributed by atoms with E-state index >= 15 is 0 Å². The molecule has 1 aromatic carbocycles. The second-order valence-electron chi connectivity index (χ2n) is 6.39. The van der Waals surface area contributed by atoms with Crippen molar-refractivity contribution in [1.82, 2.24) is 0 Å². The molecule has 0 nitrogen and oxygen atoms in total. The Bertz CT molecular complexity index is 481. The molecule has 21 heavy (non-hydrogen) atoms. The van der Waals surface area contributed by atoms with Crippen LogP contribution >= 0.6 is 0 Å². The summed E-state index contributed by atoms with van der Waals surface area (Å²) < 4.78 is 52.7. The maximum Gasteiger partial charge on any atom is 1.00 e. The number of hydrogen-bond acceptors (Lipinski definition) is 0. The fourth-order valence-electron chi connectivity index (χ4n) is 2.85. The van der Waals surface area contributed by atoms with Crippen LogP contribution in [0, 0.1) is 12.3 Å². The summed E-state index contributed by atoms with van der Waals surface area (Å²) in [4.78, 5) is 0. The average Bonchev–Trinajstić information content (AvgIpc) is 3.02. The molecule has 1 fully saturated rings. The Morgan fingerprint density at radius 2 is 1.81 bits per heavy atom. The van der Waals surface area contributed by atoms with Crippen LogP contribution in [0.4, 0.5) is 17.6 Å². The molecule has 1 aliphatic rings. The molecule has 0 aliphatic heterocycles. The molecule has 0 heterocycles. The van der Waals surface area contributed by atoms with Crippen molar-refractivity contribution in [3.63, 3.8) is 0 Å². The molecule has 0 saturated heterocycles. The molecule has 2 atom stereocenters. The number of hydrogen-bond donors (Lipinski definition) is 0. The average molecular weight is 326 g/mol. The van der Waals surface area contributed by atoms with Crippen LogP contribution in [0.3, 0.4) is 0 Å². The van der Waals surface area contributed by atoms with Gasteiger partial charge in [-0.25, -0.2) is 8.78 Å². The van der Waals surface area contributed by atoms with Crippen molar-refractivity contribution >= 4 is 0 Å². The van der Waals surface area contributed by atoms with Crippen LogP contribution in [0.25, 0.3) is 0 Å². The summed E-state index contributed by atoms with van der Waals surface area (Å²) in [7, 11) is 0. The number of alkyl halides is 2. The topological polar surface area (TPSA) is 0 Å². The zero-order valence-electron chi connectivity index (χ0n) is 13.1. The summed E-state index contributed by atoms with van der Waals surface area (Å²) in [5.41, 5.74) is 0.500. The predicted molar refractivity (Wildman–Crippen MR) is 71.2 cm³/mol. The Morgan fingerprint density at radius 1 is 1.24 bits per heavy atom. The van der Waals surface area contributed by atoms with E-state index in [9.17, 15) is 17.6 Å². The second-order valence-corrected chi connectivity index (χ2v) is 6.39. The molecule has 0 spiro atoms. The van der Waals surface area contributed by atoms with E-state index in [-0.39, 0.29) is 62.9 Å². The van der Waals surface area contributed by atoms with Crippen molar-refractivity contribution in [2.75, 3.05) is 0 Å². The molecule has 0 amide bonds. The molecular weight excluding hydrogens is 307 g/mol. The van der Waals surface area contributed by atoms with Crippen LogP contribution in [-0.4, -0.2) is 5.92 Å². The third kappa shape index (κ3) is 4.05. The first kappa shape index (κ1) is 19.5. The van der Waals surface area contributed by atoms with Gasteiger partial charge in [-0.15, -0.1) is 11.1 Å². The van der Waals surface area contributed by atoms with Gasteiger partial charge in [0.25, 0.3) is 0 Å². The number of halogens is 4. The minimum atomic E-state index is -2.78. The van der Waals surface area contributed by atoms with Crippen molar-refractivity contribution in [2.24, 2.45) is 5.92 Å². The van der Waals surface area contributed by atoms with E-state index in [1.807, 2.05) is 13.8 Å². The fraction of sp³-hybridized carbons (Fsp3) is 0.562. The molecule has 5 heteroatoms. The standard InChI is InChI=1S/C16H19F4.K/c1-9(2)10-5-11(14(17)18)7-12(6-10)15(3)8-13(15)16(4,19)20;/h5-7,9,13H,8H2,1-4H3;/q-1;+1. The van der Waals surface area contributed by atoms with Crippen LogP contribution in [0.5, 0.6) is 0 Å². The quantitative estimate of drug-likeness (QED) is 0.453. The Labute approximate surface area is 166 Å². The molecule has 0 bridgehead atoms. The van der Waals surface area contributed by atoms with Gasteiger partial charge in [-0.1, -0.05) is 32.4 Å². The summed E-state index contributed by atoms with van der Waals surface area (Å²) in [6.07, 6.45) is -1.43. The van der Waals surface area contributed by atoms with Crippen LogP contribution in [0.15, 0.2) is 18.2 Å². The zero-order valence-corrected chi connectivity index (χ0v) is 16.2. The normalized spacial score (nSPS) is 24.7. The van der Waals surface area contributed by atoms with E-state index in [2.05, 4.69) is 0 Å². The van der Waals surface area contributed by atoms with Gasteiger partial charge >= 0.3 is 51.4 Å². The summed E-state index contributed by atoms with van der Waals surface area (Å²) in [5.74, 6) is -3.47. The van der Waals surface area contributed by atoms with E-state index in [0.29, 0.717) is 12.0 Å². The van der Waals surface area contributed by atoms with E-state index < -0.39 is 23.7 Å². The van der Waals surface area contributed by atoms with Gasteiger partial charge < -0.3 is 0 Å². The van der Waals surface area contributed by atoms with Crippen molar-refractivity contribution in [3.8, 4) is 0 Å². The maximum absolute atomic E-state index is 13.5. The molecule has 0 N–H and O–H groups in total. The molecular formula is C16H19F4K. The van der Waals surface area contributed by atoms with E-state index in [0.717, 1.165) is 12.5 Å². The maximum atomic E-state index is 13.5. The van der Waals surface area contributed by atoms with Crippen molar-refractivity contribution < 1.29 is 68.9 Å². The van der Waals surface area contributed by atoms with E-state index in [1.165, 1.54) is 12.1 Å². The minimum absolute atomic E-state index is 0.